The highest BCUT2D eigenvalue weighted by atomic mass is 16.5. The predicted octanol–water partition coefficient (Wildman–Crippen LogP) is 1.86. The minimum Gasteiger partial charge on any atom is -0.481 e. The second-order valence-corrected chi connectivity index (χ2v) is 5.55. The Morgan fingerprint density at radius 2 is 2.18 bits per heavy atom. The standard InChI is InChI=1S/C15H21N5O2/c1-11-12(8-18-22-11)9-20-5-3-13(4-6-20)19-14-7-15(21-2)17-10-16-14/h7-8,10,13H,3-6,9H2,1-2H3,(H,16,17,19). The first kappa shape index (κ1) is 14.8. The summed E-state index contributed by atoms with van der Waals surface area (Å²) in [5.74, 6) is 2.31. The summed E-state index contributed by atoms with van der Waals surface area (Å²) in [6, 6.07) is 2.26. The number of ether oxygens (including phenoxy) is 1. The molecule has 1 aliphatic rings. The highest BCUT2D eigenvalue weighted by molar-refractivity contribution is 5.38. The van der Waals surface area contributed by atoms with Crippen LogP contribution in [0.2, 0.25) is 0 Å². The van der Waals surface area contributed by atoms with E-state index in [0.717, 1.165) is 44.1 Å². The van der Waals surface area contributed by atoms with Crippen molar-refractivity contribution in [2.24, 2.45) is 0 Å². The quantitative estimate of drug-likeness (QED) is 0.903. The van der Waals surface area contributed by atoms with Crippen molar-refractivity contribution in [2.75, 3.05) is 25.5 Å². The third kappa shape index (κ3) is 3.54. The minimum absolute atomic E-state index is 0.430. The van der Waals surface area contributed by atoms with Gasteiger partial charge in [0.2, 0.25) is 5.88 Å². The van der Waals surface area contributed by atoms with Gasteiger partial charge in [-0.1, -0.05) is 5.16 Å². The van der Waals surface area contributed by atoms with Crippen molar-refractivity contribution in [1.82, 2.24) is 20.0 Å². The van der Waals surface area contributed by atoms with Crippen LogP contribution in [0, 0.1) is 6.92 Å². The number of hydrogen-bond acceptors (Lipinski definition) is 7. The van der Waals surface area contributed by atoms with E-state index in [4.69, 9.17) is 9.26 Å². The smallest absolute Gasteiger partial charge is 0.218 e. The number of aryl methyl sites for hydroxylation is 1. The van der Waals surface area contributed by atoms with Crippen molar-refractivity contribution in [2.45, 2.75) is 32.4 Å². The number of methoxy groups -OCH3 is 1. The van der Waals surface area contributed by atoms with E-state index in [-0.39, 0.29) is 0 Å². The van der Waals surface area contributed by atoms with E-state index in [1.165, 1.54) is 11.9 Å². The highest BCUT2D eigenvalue weighted by Gasteiger charge is 2.20. The minimum atomic E-state index is 0.430. The molecule has 2 aromatic heterocycles. The van der Waals surface area contributed by atoms with Gasteiger partial charge in [0.25, 0.3) is 0 Å². The SMILES string of the molecule is COc1cc(NC2CCN(Cc3cnoc3C)CC2)ncn1. The number of nitrogens with one attached hydrogen (secondary N) is 1. The maximum Gasteiger partial charge on any atom is 0.218 e. The second-order valence-electron chi connectivity index (χ2n) is 5.55. The number of nitrogens with zero attached hydrogens (tertiary/aromatic N) is 4. The van der Waals surface area contributed by atoms with Gasteiger partial charge in [0, 0.05) is 37.3 Å². The van der Waals surface area contributed by atoms with Crippen LogP contribution in [-0.4, -0.2) is 46.3 Å². The molecule has 7 nitrogen and oxygen atoms in total. The molecule has 0 radical (unpaired) electrons. The Hall–Kier alpha value is -2.15. The lowest BCUT2D eigenvalue weighted by molar-refractivity contribution is 0.210. The third-order valence-electron chi connectivity index (χ3n) is 4.04. The average Bonchev–Trinajstić information content (AvgIpc) is 2.94. The fourth-order valence-corrected chi connectivity index (χ4v) is 2.69. The lowest BCUT2D eigenvalue weighted by Gasteiger charge is -2.32. The monoisotopic (exact) mass is 303 g/mol. The van der Waals surface area contributed by atoms with Crippen LogP contribution in [0.3, 0.4) is 0 Å². The molecule has 0 saturated carbocycles. The van der Waals surface area contributed by atoms with Crippen molar-refractivity contribution in [3.63, 3.8) is 0 Å². The molecule has 0 amide bonds. The van der Waals surface area contributed by atoms with Crippen molar-refractivity contribution < 1.29 is 9.26 Å². The maximum atomic E-state index is 5.12. The van der Waals surface area contributed by atoms with E-state index in [1.807, 2.05) is 19.2 Å². The molecular weight excluding hydrogens is 282 g/mol. The average molecular weight is 303 g/mol. The Bertz CT molecular complexity index is 607. The van der Waals surface area contributed by atoms with Crippen LogP contribution in [0.25, 0.3) is 0 Å². The van der Waals surface area contributed by atoms with Crippen molar-refractivity contribution >= 4 is 5.82 Å². The summed E-state index contributed by atoms with van der Waals surface area (Å²) in [4.78, 5) is 10.7. The van der Waals surface area contributed by atoms with Gasteiger partial charge in [-0.15, -0.1) is 0 Å². The van der Waals surface area contributed by atoms with Crippen molar-refractivity contribution in [3.8, 4) is 5.88 Å². The molecule has 0 atom stereocenters. The fourth-order valence-electron chi connectivity index (χ4n) is 2.69. The van der Waals surface area contributed by atoms with Crippen molar-refractivity contribution in [1.29, 1.82) is 0 Å². The first-order valence-electron chi connectivity index (χ1n) is 7.49. The molecular formula is C15H21N5O2. The third-order valence-corrected chi connectivity index (χ3v) is 4.04. The van der Waals surface area contributed by atoms with Crippen LogP contribution < -0.4 is 10.1 Å². The van der Waals surface area contributed by atoms with Crippen LogP contribution >= 0.6 is 0 Å². The number of aromatic nitrogens is 3. The molecule has 7 heteroatoms. The highest BCUT2D eigenvalue weighted by Crippen LogP contribution is 2.19. The van der Waals surface area contributed by atoms with Crippen LogP contribution in [0.15, 0.2) is 23.1 Å². The van der Waals surface area contributed by atoms with Gasteiger partial charge in [-0.05, 0) is 19.8 Å². The van der Waals surface area contributed by atoms with Gasteiger partial charge in [-0.3, -0.25) is 4.90 Å². The molecule has 1 saturated heterocycles. The van der Waals surface area contributed by atoms with Crippen LogP contribution in [0.1, 0.15) is 24.2 Å². The Balaban J connectivity index is 1.50. The van der Waals surface area contributed by atoms with E-state index < -0.39 is 0 Å². The van der Waals surface area contributed by atoms with Gasteiger partial charge in [-0.25, -0.2) is 9.97 Å². The first-order valence-corrected chi connectivity index (χ1v) is 7.49. The molecule has 0 spiro atoms. The Morgan fingerprint density at radius 1 is 1.36 bits per heavy atom. The summed E-state index contributed by atoms with van der Waals surface area (Å²) in [5.41, 5.74) is 1.17. The number of anilines is 1. The molecule has 1 N–H and O–H groups in total. The van der Waals surface area contributed by atoms with Gasteiger partial charge in [0.1, 0.15) is 17.9 Å². The zero-order chi connectivity index (χ0) is 15.4. The Labute approximate surface area is 129 Å². The number of likely N-dealkylation sites (tertiary alicyclic amines) is 1. The lowest BCUT2D eigenvalue weighted by atomic mass is 10.0. The number of hydrogen-bond donors (Lipinski definition) is 1. The summed E-state index contributed by atoms with van der Waals surface area (Å²) in [7, 11) is 1.61. The molecule has 2 aromatic rings. The van der Waals surface area contributed by atoms with E-state index in [0.29, 0.717) is 11.9 Å². The molecule has 3 heterocycles. The summed E-state index contributed by atoms with van der Waals surface area (Å²) in [6.45, 7) is 4.96. The Morgan fingerprint density at radius 3 is 2.86 bits per heavy atom. The van der Waals surface area contributed by atoms with E-state index in [1.54, 1.807) is 7.11 Å². The largest absolute Gasteiger partial charge is 0.481 e. The molecule has 1 aliphatic heterocycles. The van der Waals surface area contributed by atoms with Crippen LogP contribution in [0.5, 0.6) is 5.88 Å². The molecule has 0 aromatic carbocycles. The fraction of sp³-hybridized carbons (Fsp3) is 0.533. The topological polar surface area (TPSA) is 76.3 Å². The molecule has 0 bridgehead atoms. The van der Waals surface area contributed by atoms with Gasteiger partial charge in [-0.2, -0.15) is 0 Å². The maximum absolute atomic E-state index is 5.12. The van der Waals surface area contributed by atoms with Crippen molar-refractivity contribution in [3.05, 3.63) is 29.9 Å². The molecule has 0 aliphatic carbocycles. The molecule has 3 rings (SSSR count). The predicted molar refractivity (Wildman–Crippen MR) is 81.7 cm³/mol. The van der Waals surface area contributed by atoms with E-state index >= 15 is 0 Å². The summed E-state index contributed by atoms with van der Waals surface area (Å²) < 4.78 is 10.2. The summed E-state index contributed by atoms with van der Waals surface area (Å²) in [6.07, 6.45) is 5.49. The Kier molecular flexibility index (Phi) is 4.53. The van der Waals surface area contributed by atoms with Crippen LogP contribution in [-0.2, 0) is 6.54 Å². The molecule has 118 valence electrons. The molecule has 1 fully saturated rings. The van der Waals surface area contributed by atoms with Gasteiger partial charge in [0.05, 0.1) is 13.3 Å². The van der Waals surface area contributed by atoms with Crippen LogP contribution in [0.4, 0.5) is 5.82 Å². The van der Waals surface area contributed by atoms with E-state index in [9.17, 15) is 0 Å². The summed E-state index contributed by atoms with van der Waals surface area (Å²) in [5, 5.41) is 7.29. The van der Waals surface area contributed by atoms with Gasteiger partial charge < -0.3 is 14.6 Å². The first-order chi connectivity index (χ1) is 10.7. The lowest BCUT2D eigenvalue weighted by Crippen LogP contribution is -2.38. The zero-order valence-corrected chi connectivity index (χ0v) is 13.0. The van der Waals surface area contributed by atoms with E-state index in [2.05, 4.69) is 25.3 Å². The molecule has 0 unspecified atom stereocenters. The second kappa shape index (κ2) is 6.74. The zero-order valence-electron chi connectivity index (χ0n) is 13.0. The summed E-state index contributed by atoms with van der Waals surface area (Å²) >= 11 is 0. The number of rotatable bonds is 5. The van der Waals surface area contributed by atoms with Gasteiger partial charge >= 0.3 is 0 Å². The normalized spacial score (nSPS) is 16.6. The molecule has 22 heavy (non-hydrogen) atoms. The van der Waals surface area contributed by atoms with Gasteiger partial charge in [0.15, 0.2) is 0 Å². The number of piperidine rings is 1.